The number of anilines is 1. The van der Waals surface area contributed by atoms with Crippen LogP contribution in [-0.2, 0) is 6.54 Å². The number of urea groups is 1. The number of hydrogen-bond donors (Lipinski definition) is 1. The van der Waals surface area contributed by atoms with E-state index in [0.29, 0.717) is 6.54 Å². The highest BCUT2D eigenvalue weighted by Crippen LogP contribution is 2.11. The molecule has 0 bridgehead atoms. The first-order valence-corrected chi connectivity index (χ1v) is 8.62. The smallest absolute Gasteiger partial charge is 0.317 e. The lowest BCUT2D eigenvalue weighted by Crippen LogP contribution is -2.51. The van der Waals surface area contributed by atoms with Gasteiger partial charge in [0.15, 0.2) is 0 Å². The van der Waals surface area contributed by atoms with E-state index in [1.165, 1.54) is 0 Å². The average molecular weight is 319 g/mol. The van der Waals surface area contributed by atoms with E-state index < -0.39 is 0 Å². The highest BCUT2D eigenvalue weighted by molar-refractivity contribution is 5.74. The summed E-state index contributed by atoms with van der Waals surface area (Å²) < 4.78 is 0. The van der Waals surface area contributed by atoms with E-state index >= 15 is 0 Å². The Labute approximate surface area is 139 Å². The molecule has 2 heterocycles. The summed E-state index contributed by atoms with van der Waals surface area (Å²) in [5.74, 6) is 0.987. The topological polar surface area (TPSA) is 51.7 Å². The summed E-state index contributed by atoms with van der Waals surface area (Å²) in [4.78, 5) is 23.1. The van der Waals surface area contributed by atoms with Crippen LogP contribution in [0, 0.1) is 0 Å². The molecule has 1 aliphatic heterocycles. The molecular formula is C17H29N5O. The molecule has 0 radical (unpaired) electrons. The van der Waals surface area contributed by atoms with Gasteiger partial charge in [0, 0.05) is 52.0 Å². The molecule has 0 aromatic carbocycles. The Morgan fingerprint density at radius 2 is 1.87 bits per heavy atom. The van der Waals surface area contributed by atoms with Crippen LogP contribution >= 0.6 is 0 Å². The first-order valence-electron chi connectivity index (χ1n) is 8.62. The van der Waals surface area contributed by atoms with Crippen molar-refractivity contribution in [2.75, 3.05) is 50.7 Å². The molecule has 1 saturated heterocycles. The number of rotatable bonds is 6. The van der Waals surface area contributed by atoms with Gasteiger partial charge in [0.05, 0.1) is 0 Å². The molecule has 1 N–H and O–H groups in total. The monoisotopic (exact) mass is 319 g/mol. The summed E-state index contributed by atoms with van der Waals surface area (Å²) in [6.45, 7) is 13.4. The highest BCUT2D eigenvalue weighted by Gasteiger charge is 2.19. The zero-order valence-corrected chi connectivity index (χ0v) is 14.6. The van der Waals surface area contributed by atoms with E-state index in [9.17, 15) is 4.79 Å². The number of carbonyl (C=O) groups excluding carboxylic acids is 1. The van der Waals surface area contributed by atoms with Crippen molar-refractivity contribution >= 4 is 11.8 Å². The lowest BCUT2D eigenvalue weighted by Gasteiger charge is -2.34. The molecule has 6 heteroatoms. The molecule has 1 aromatic heterocycles. The Morgan fingerprint density at radius 3 is 2.39 bits per heavy atom. The quantitative estimate of drug-likeness (QED) is 0.868. The van der Waals surface area contributed by atoms with Crippen molar-refractivity contribution in [2.24, 2.45) is 0 Å². The molecule has 2 amide bonds. The summed E-state index contributed by atoms with van der Waals surface area (Å²) in [6, 6.07) is 4.08. The van der Waals surface area contributed by atoms with Crippen LogP contribution in [0.5, 0.6) is 0 Å². The third kappa shape index (κ3) is 4.82. The van der Waals surface area contributed by atoms with Gasteiger partial charge in [-0.15, -0.1) is 0 Å². The number of piperazine rings is 1. The van der Waals surface area contributed by atoms with E-state index in [1.54, 1.807) is 0 Å². The van der Waals surface area contributed by atoms with E-state index in [2.05, 4.69) is 40.9 Å². The first-order chi connectivity index (χ1) is 11.2. The van der Waals surface area contributed by atoms with Gasteiger partial charge in [0.1, 0.15) is 5.82 Å². The molecule has 0 atom stereocenters. The maximum absolute atomic E-state index is 12.2. The van der Waals surface area contributed by atoms with Gasteiger partial charge in [-0.1, -0.05) is 13.0 Å². The highest BCUT2D eigenvalue weighted by atomic mass is 16.2. The fourth-order valence-electron chi connectivity index (χ4n) is 2.81. The van der Waals surface area contributed by atoms with Crippen molar-refractivity contribution in [3.8, 4) is 0 Å². The zero-order valence-electron chi connectivity index (χ0n) is 14.6. The second-order valence-electron chi connectivity index (χ2n) is 5.78. The first kappa shape index (κ1) is 17.5. The Hall–Kier alpha value is -1.82. The van der Waals surface area contributed by atoms with E-state index in [1.807, 2.05) is 23.2 Å². The van der Waals surface area contributed by atoms with Gasteiger partial charge in [-0.05, 0) is 32.0 Å². The molecule has 23 heavy (non-hydrogen) atoms. The summed E-state index contributed by atoms with van der Waals surface area (Å²) in [5, 5.41) is 2.99. The maximum Gasteiger partial charge on any atom is 0.317 e. The van der Waals surface area contributed by atoms with Crippen LogP contribution in [0.3, 0.4) is 0 Å². The Bertz CT molecular complexity index is 478. The molecule has 0 unspecified atom stereocenters. The van der Waals surface area contributed by atoms with Crippen molar-refractivity contribution in [2.45, 2.75) is 27.3 Å². The van der Waals surface area contributed by atoms with Crippen LogP contribution in [0.2, 0.25) is 0 Å². The molecule has 1 aromatic rings. The van der Waals surface area contributed by atoms with E-state index in [0.717, 1.165) is 57.2 Å². The van der Waals surface area contributed by atoms with Gasteiger partial charge >= 0.3 is 6.03 Å². The fourth-order valence-corrected chi connectivity index (χ4v) is 2.81. The molecule has 1 aliphatic rings. The number of aromatic nitrogens is 1. The lowest BCUT2D eigenvalue weighted by atomic mass is 10.2. The van der Waals surface area contributed by atoms with Crippen molar-refractivity contribution < 1.29 is 4.79 Å². The van der Waals surface area contributed by atoms with Crippen molar-refractivity contribution in [1.29, 1.82) is 0 Å². The molecule has 1 fully saturated rings. The van der Waals surface area contributed by atoms with E-state index in [4.69, 9.17) is 0 Å². The zero-order chi connectivity index (χ0) is 16.7. The number of nitrogens with one attached hydrogen (secondary N) is 1. The van der Waals surface area contributed by atoms with Crippen molar-refractivity contribution in [1.82, 2.24) is 20.1 Å². The lowest BCUT2D eigenvalue weighted by molar-refractivity contribution is 0.142. The standard InChI is InChI=1S/C17H29N5O/c1-4-20-9-11-22(12-10-20)17(23)19-14-15-7-8-16(18-13-15)21(5-2)6-3/h7-8,13H,4-6,9-12,14H2,1-3H3,(H,19,23). The minimum absolute atomic E-state index is 0.0218. The third-order valence-electron chi connectivity index (χ3n) is 4.45. The number of likely N-dealkylation sites (N-methyl/N-ethyl adjacent to an activating group) is 1. The summed E-state index contributed by atoms with van der Waals surface area (Å²) in [6.07, 6.45) is 1.85. The van der Waals surface area contributed by atoms with Gasteiger partial charge < -0.3 is 20.0 Å². The van der Waals surface area contributed by atoms with Gasteiger partial charge in [-0.3, -0.25) is 0 Å². The Kier molecular flexibility index (Phi) is 6.65. The molecule has 2 rings (SSSR count). The minimum Gasteiger partial charge on any atom is -0.357 e. The molecule has 6 nitrogen and oxygen atoms in total. The molecule has 0 saturated carbocycles. The Balaban J connectivity index is 1.80. The SMILES string of the molecule is CCN1CCN(C(=O)NCc2ccc(N(CC)CC)nc2)CC1. The van der Waals surface area contributed by atoms with Crippen LogP contribution in [0.15, 0.2) is 18.3 Å². The number of pyridine rings is 1. The Morgan fingerprint density at radius 1 is 1.17 bits per heavy atom. The molecule has 0 spiro atoms. The number of carbonyl (C=O) groups is 1. The number of amides is 2. The van der Waals surface area contributed by atoms with Gasteiger partial charge in [-0.2, -0.15) is 0 Å². The van der Waals surface area contributed by atoms with Crippen LogP contribution in [0.25, 0.3) is 0 Å². The number of nitrogens with zero attached hydrogens (tertiary/aromatic N) is 4. The molecular weight excluding hydrogens is 290 g/mol. The normalized spacial score (nSPS) is 15.5. The predicted molar refractivity (Wildman–Crippen MR) is 93.7 cm³/mol. The number of hydrogen-bond acceptors (Lipinski definition) is 4. The summed E-state index contributed by atoms with van der Waals surface area (Å²) in [5.41, 5.74) is 1.03. The maximum atomic E-state index is 12.2. The van der Waals surface area contributed by atoms with E-state index in [-0.39, 0.29) is 6.03 Å². The third-order valence-corrected chi connectivity index (χ3v) is 4.45. The van der Waals surface area contributed by atoms with Gasteiger partial charge in [-0.25, -0.2) is 9.78 Å². The second-order valence-corrected chi connectivity index (χ2v) is 5.78. The summed E-state index contributed by atoms with van der Waals surface area (Å²) >= 11 is 0. The van der Waals surface area contributed by atoms with Crippen LogP contribution in [0.4, 0.5) is 10.6 Å². The second kappa shape index (κ2) is 8.72. The van der Waals surface area contributed by atoms with Crippen LogP contribution in [-0.4, -0.2) is 66.6 Å². The minimum atomic E-state index is 0.0218. The van der Waals surface area contributed by atoms with Gasteiger partial charge in [0.2, 0.25) is 0 Å². The predicted octanol–water partition coefficient (Wildman–Crippen LogP) is 1.77. The molecule has 0 aliphatic carbocycles. The van der Waals surface area contributed by atoms with Gasteiger partial charge in [0.25, 0.3) is 0 Å². The fraction of sp³-hybridized carbons (Fsp3) is 0.647. The molecule has 128 valence electrons. The summed E-state index contributed by atoms with van der Waals surface area (Å²) in [7, 11) is 0. The van der Waals surface area contributed by atoms with Crippen molar-refractivity contribution in [3.05, 3.63) is 23.9 Å². The largest absolute Gasteiger partial charge is 0.357 e. The average Bonchev–Trinajstić information content (AvgIpc) is 2.62. The van der Waals surface area contributed by atoms with Crippen molar-refractivity contribution in [3.63, 3.8) is 0 Å². The van der Waals surface area contributed by atoms with Crippen LogP contribution in [0.1, 0.15) is 26.3 Å². The van der Waals surface area contributed by atoms with Crippen LogP contribution < -0.4 is 10.2 Å².